The van der Waals surface area contributed by atoms with Crippen LogP contribution in [-0.4, -0.2) is 5.91 Å². The molecule has 5 aromatic carbocycles. The maximum atomic E-state index is 13.7. The molecule has 5 aromatic rings. The van der Waals surface area contributed by atoms with E-state index in [0.29, 0.717) is 10.6 Å². The van der Waals surface area contributed by atoms with Crippen molar-refractivity contribution in [1.82, 2.24) is 5.32 Å². The third-order valence-corrected chi connectivity index (χ3v) is 11.7. The molecule has 0 aliphatic heterocycles. The van der Waals surface area contributed by atoms with Crippen molar-refractivity contribution in [1.29, 1.82) is 0 Å². The van der Waals surface area contributed by atoms with E-state index in [2.05, 4.69) is 83.5 Å². The van der Waals surface area contributed by atoms with Crippen LogP contribution < -0.4 is 21.2 Å². The predicted molar refractivity (Wildman–Crippen MR) is 164 cm³/mol. The van der Waals surface area contributed by atoms with Crippen LogP contribution in [-0.2, 0) is 0 Å². The number of nitrogens with one attached hydrogen (secondary N) is 1. The molecule has 5 heteroatoms. The lowest BCUT2D eigenvalue weighted by molar-refractivity contribution is 0.0968. The maximum Gasteiger partial charge on any atom is 0.258 e. The van der Waals surface area contributed by atoms with Gasteiger partial charge in [0.05, 0.1) is 0 Å². The van der Waals surface area contributed by atoms with E-state index < -0.39 is 7.26 Å². The first-order valence-electron chi connectivity index (χ1n) is 12.2. The fourth-order valence-electron chi connectivity index (χ4n) is 4.43. The molecule has 0 bridgehead atoms. The Morgan fingerprint density at radius 3 is 1.47 bits per heavy atom. The number of amides is 1. The molecule has 0 atom stereocenters. The van der Waals surface area contributed by atoms with Crippen LogP contribution in [0.2, 0.25) is 5.02 Å². The Hall–Kier alpha value is -3.62. The Labute approximate surface area is 233 Å². The molecule has 0 aliphatic carbocycles. The second kappa shape index (κ2) is 12.3. The van der Waals surface area contributed by atoms with Gasteiger partial charge >= 0.3 is 0 Å². The highest BCUT2D eigenvalue weighted by Crippen LogP contribution is 2.62. The minimum absolute atomic E-state index is 0.138. The van der Waals surface area contributed by atoms with Gasteiger partial charge in [-0.15, -0.1) is 0 Å². The zero-order chi connectivity index (χ0) is 26.2. The molecular formula is C33H26ClNOPS+. The zero-order valence-electron chi connectivity index (χ0n) is 20.6. The van der Waals surface area contributed by atoms with Crippen LogP contribution in [0.15, 0.2) is 161 Å². The molecule has 1 N–H and O–H groups in total. The summed E-state index contributed by atoms with van der Waals surface area (Å²) in [4.78, 5) is 14.7. The van der Waals surface area contributed by atoms with Crippen LogP contribution in [0.25, 0.3) is 0 Å². The highest BCUT2D eigenvalue weighted by atomic mass is 35.5. The molecule has 0 aliphatic rings. The molecule has 0 heterocycles. The minimum Gasteiger partial charge on any atom is -0.291 e. The van der Waals surface area contributed by atoms with Crippen LogP contribution in [0.3, 0.4) is 0 Å². The monoisotopic (exact) mass is 550 g/mol. The van der Waals surface area contributed by atoms with Gasteiger partial charge in [-0.25, -0.2) is 0 Å². The van der Waals surface area contributed by atoms with E-state index in [1.165, 1.54) is 0 Å². The van der Waals surface area contributed by atoms with Crippen molar-refractivity contribution < 1.29 is 4.79 Å². The maximum absolute atomic E-state index is 13.7. The number of rotatable bonds is 8. The Kier molecular flexibility index (Phi) is 8.41. The van der Waals surface area contributed by atoms with Gasteiger partial charge in [0.25, 0.3) is 5.91 Å². The summed E-state index contributed by atoms with van der Waals surface area (Å²) in [7, 11) is -2.50. The van der Waals surface area contributed by atoms with Crippen molar-refractivity contribution in [2.24, 2.45) is 0 Å². The largest absolute Gasteiger partial charge is 0.291 e. The smallest absolute Gasteiger partial charge is 0.258 e. The van der Waals surface area contributed by atoms with Crippen LogP contribution >= 0.6 is 30.6 Å². The summed E-state index contributed by atoms with van der Waals surface area (Å²) in [5.74, 6) is -0.138. The van der Waals surface area contributed by atoms with E-state index in [1.54, 1.807) is 11.8 Å². The van der Waals surface area contributed by atoms with Gasteiger partial charge in [0.1, 0.15) is 15.9 Å². The number of benzene rings is 5. The van der Waals surface area contributed by atoms with Gasteiger partial charge in [0, 0.05) is 20.9 Å². The van der Waals surface area contributed by atoms with E-state index >= 15 is 0 Å². The van der Waals surface area contributed by atoms with Gasteiger partial charge in [0.2, 0.25) is 0 Å². The molecule has 2 nitrogen and oxygen atoms in total. The summed E-state index contributed by atoms with van der Waals surface area (Å²) < 4.78 is 0. The minimum atomic E-state index is -2.50. The molecule has 1 amide bonds. The lowest BCUT2D eigenvalue weighted by atomic mass is 10.2. The van der Waals surface area contributed by atoms with Gasteiger partial charge in [-0.1, -0.05) is 96.2 Å². The number of thioether (sulfide) groups is 1. The lowest BCUT2D eigenvalue weighted by Crippen LogP contribution is -2.38. The Morgan fingerprint density at radius 1 is 0.605 bits per heavy atom. The van der Waals surface area contributed by atoms with Crippen molar-refractivity contribution in [2.45, 2.75) is 4.90 Å². The molecule has 186 valence electrons. The van der Waals surface area contributed by atoms with E-state index in [1.807, 2.05) is 72.8 Å². The number of hydrogen-bond donors (Lipinski definition) is 1. The number of hydrogen-bond acceptors (Lipinski definition) is 2. The van der Waals surface area contributed by atoms with E-state index in [9.17, 15) is 4.79 Å². The van der Waals surface area contributed by atoms with Crippen molar-refractivity contribution in [3.63, 3.8) is 0 Å². The SMILES string of the molecule is O=C(NC(=CSc1ccc(Cl)cc1)[P+](c1ccccc1)(c1ccccc1)c1ccccc1)c1ccccc1. The zero-order valence-corrected chi connectivity index (χ0v) is 23.0. The first-order valence-corrected chi connectivity index (χ1v) is 15.3. The summed E-state index contributed by atoms with van der Waals surface area (Å²) in [6, 6.07) is 48.6. The number of carbonyl (C=O) groups excluding carboxylic acids is 1. The van der Waals surface area contributed by atoms with Crippen LogP contribution in [0, 0.1) is 0 Å². The second-order valence-electron chi connectivity index (χ2n) is 8.57. The fraction of sp³-hybridized carbons (Fsp3) is 0. The lowest BCUT2D eigenvalue weighted by Gasteiger charge is -2.29. The van der Waals surface area contributed by atoms with Crippen LogP contribution in [0.4, 0.5) is 0 Å². The van der Waals surface area contributed by atoms with Crippen LogP contribution in [0.5, 0.6) is 0 Å². The Balaban J connectivity index is 1.76. The van der Waals surface area contributed by atoms with Gasteiger partial charge < -0.3 is 0 Å². The first-order chi connectivity index (χ1) is 18.7. The number of carbonyl (C=O) groups is 1. The van der Waals surface area contributed by atoms with Crippen molar-refractivity contribution >= 4 is 52.4 Å². The van der Waals surface area contributed by atoms with Gasteiger partial charge in [0.15, 0.2) is 12.7 Å². The van der Waals surface area contributed by atoms with Gasteiger partial charge in [-0.3, -0.25) is 10.1 Å². The third kappa shape index (κ3) is 5.61. The molecule has 5 rings (SSSR count). The molecule has 38 heavy (non-hydrogen) atoms. The standard InChI is InChI=1S/C33H25ClNOPS/c34-27-21-23-31(24-22-27)38-25-32(35-33(36)26-13-5-1-6-14-26)37(28-15-7-2-8-16-28,29-17-9-3-10-18-29)30-19-11-4-12-20-30/h1-25H/p+1. The molecular weight excluding hydrogens is 525 g/mol. The molecule has 0 aromatic heterocycles. The van der Waals surface area contributed by atoms with E-state index in [0.717, 1.165) is 26.2 Å². The summed E-state index contributed by atoms with van der Waals surface area (Å²) in [5, 5.41) is 9.65. The average molecular weight is 551 g/mol. The fourth-order valence-corrected chi connectivity index (χ4v) is 9.80. The number of halogens is 1. The average Bonchev–Trinajstić information content (AvgIpc) is 2.99. The molecule has 0 unspecified atom stereocenters. The molecule has 0 radical (unpaired) electrons. The highest BCUT2D eigenvalue weighted by Gasteiger charge is 2.50. The normalized spacial score (nSPS) is 11.7. The first kappa shape index (κ1) is 26.0. The Bertz CT molecular complexity index is 1410. The van der Waals surface area contributed by atoms with Gasteiger partial charge in [-0.05, 0) is 72.8 Å². The molecule has 0 fully saturated rings. The second-order valence-corrected chi connectivity index (χ2v) is 13.3. The van der Waals surface area contributed by atoms with E-state index in [-0.39, 0.29) is 5.91 Å². The van der Waals surface area contributed by atoms with E-state index in [4.69, 9.17) is 11.6 Å². The van der Waals surface area contributed by atoms with Crippen molar-refractivity contribution in [2.75, 3.05) is 0 Å². The van der Waals surface area contributed by atoms with Crippen molar-refractivity contribution in [3.8, 4) is 0 Å². The van der Waals surface area contributed by atoms with Crippen molar-refractivity contribution in [3.05, 3.63) is 167 Å². The van der Waals surface area contributed by atoms with Gasteiger partial charge in [-0.2, -0.15) is 0 Å². The summed E-state index contributed by atoms with van der Waals surface area (Å²) >= 11 is 7.73. The molecule has 0 saturated carbocycles. The highest BCUT2D eigenvalue weighted by molar-refractivity contribution is 8.04. The van der Waals surface area contributed by atoms with Crippen LogP contribution in [0.1, 0.15) is 10.4 Å². The summed E-state index contributed by atoms with van der Waals surface area (Å²) in [5.41, 5.74) is 1.48. The quantitative estimate of drug-likeness (QED) is 0.159. The Morgan fingerprint density at radius 2 is 1.03 bits per heavy atom. The topological polar surface area (TPSA) is 29.1 Å². The third-order valence-electron chi connectivity index (χ3n) is 6.19. The summed E-state index contributed by atoms with van der Waals surface area (Å²) in [6.07, 6.45) is 0. The molecule has 0 saturated heterocycles. The predicted octanol–water partition coefficient (Wildman–Crippen LogP) is 7.66. The molecule has 0 spiro atoms. The summed E-state index contributed by atoms with van der Waals surface area (Å²) in [6.45, 7) is 0.